The number of aryl methyl sites for hydroxylation is 1. The van der Waals surface area contributed by atoms with Gasteiger partial charge in [0.05, 0.1) is 23.6 Å². The van der Waals surface area contributed by atoms with Crippen LogP contribution in [0.2, 0.25) is 0 Å². The SMILES string of the molecule is CCOC(=O)C1CCN(C(=O)c2cc3oc(C)cc3n2Cc2ccc(C(F)(F)F)cc2)CC1. The molecule has 0 N–H and O–H groups in total. The summed E-state index contributed by atoms with van der Waals surface area (Å²) < 4.78 is 51.3. The number of benzene rings is 1. The predicted octanol–water partition coefficient (Wildman–Crippen LogP) is 5.03. The number of rotatable bonds is 5. The van der Waals surface area contributed by atoms with Crippen LogP contribution in [0.15, 0.2) is 40.8 Å². The van der Waals surface area contributed by atoms with Gasteiger partial charge in [0.25, 0.3) is 5.91 Å². The van der Waals surface area contributed by atoms with E-state index < -0.39 is 11.7 Å². The second-order valence-electron chi connectivity index (χ2n) is 8.24. The number of hydrogen-bond acceptors (Lipinski definition) is 4. The molecule has 0 bridgehead atoms. The predicted molar refractivity (Wildman–Crippen MR) is 115 cm³/mol. The smallest absolute Gasteiger partial charge is 0.416 e. The minimum absolute atomic E-state index is 0.201. The summed E-state index contributed by atoms with van der Waals surface area (Å²) in [4.78, 5) is 27.0. The van der Waals surface area contributed by atoms with Gasteiger partial charge in [-0.3, -0.25) is 9.59 Å². The van der Waals surface area contributed by atoms with E-state index in [1.807, 2.05) is 6.07 Å². The molecule has 0 unspecified atom stereocenters. The van der Waals surface area contributed by atoms with Crippen molar-refractivity contribution in [3.05, 3.63) is 59.0 Å². The molecule has 0 atom stereocenters. The Kier molecular flexibility index (Phi) is 6.23. The molecule has 0 aliphatic carbocycles. The van der Waals surface area contributed by atoms with Crippen LogP contribution in [0.5, 0.6) is 0 Å². The molecule has 2 aromatic heterocycles. The molecule has 1 saturated heterocycles. The first kappa shape index (κ1) is 22.9. The van der Waals surface area contributed by atoms with Gasteiger partial charge in [-0.05, 0) is 44.4 Å². The molecule has 1 amide bonds. The Morgan fingerprint density at radius 2 is 1.79 bits per heavy atom. The van der Waals surface area contributed by atoms with Crippen molar-refractivity contribution < 1.29 is 31.9 Å². The van der Waals surface area contributed by atoms with E-state index in [2.05, 4.69) is 0 Å². The van der Waals surface area contributed by atoms with Crippen LogP contribution >= 0.6 is 0 Å². The summed E-state index contributed by atoms with van der Waals surface area (Å²) in [5, 5.41) is 0. The fourth-order valence-electron chi connectivity index (χ4n) is 4.23. The third kappa shape index (κ3) is 4.77. The fourth-order valence-corrected chi connectivity index (χ4v) is 4.23. The Morgan fingerprint density at radius 1 is 1.12 bits per heavy atom. The molecule has 0 spiro atoms. The summed E-state index contributed by atoms with van der Waals surface area (Å²) in [5.74, 6) is 0.0267. The van der Waals surface area contributed by atoms with Crippen molar-refractivity contribution in [1.29, 1.82) is 0 Å². The van der Waals surface area contributed by atoms with Crippen LogP contribution in [0, 0.1) is 12.8 Å². The Balaban J connectivity index is 1.57. The molecular weight excluding hydrogens is 437 g/mol. The fraction of sp³-hybridized carbons (Fsp3) is 0.417. The maximum Gasteiger partial charge on any atom is 0.416 e. The molecule has 3 aromatic rings. The van der Waals surface area contributed by atoms with Gasteiger partial charge in [-0.15, -0.1) is 0 Å². The van der Waals surface area contributed by atoms with E-state index in [0.29, 0.717) is 60.7 Å². The van der Waals surface area contributed by atoms with Gasteiger partial charge in [-0.1, -0.05) is 12.1 Å². The number of ether oxygens (including phenoxy) is 1. The van der Waals surface area contributed by atoms with E-state index >= 15 is 0 Å². The zero-order chi connectivity index (χ0) is 23.8. The summed E-state index contributed by atoms with van der Waals surface area (Å²) in [5.41, 5.74) is 1.57. The average Bonchev–Trinajstić information content (AvgIpc) is 3.30. The molecule has 176 valence electrons. The molecule has 0 saturated carbocycles. The number of halogens is 3. The lowest BCUT2D eigenvalue weighted by Gasteiger charge is -2.31. The zero-order valence-corrected chi connectivity index (χ0v) is 18.4. The first-order chi connectivity index (χ1) is 15.7. The lowest BCUT2D eigenvalue weighted by Crippen LogP contribution is -2.41. The first-order valence-electron chi connectivity index (χ1n) is 10.9. The number of alkyl halides is 3. The van der Waals surface area contributed by atoms with Gasteiger partial charge in [0.15, 0.2) is 5.58 Å². The molecule has 4 rings (SSSR count). The summed E-state index contributed by atoms with van der Waals surface area (Å²) in [6.45, 7) is 4.96. The largest absolute Gasteiger partial charge is 0.466 e. The molecule has 6 nitrogen and oxygen atoms in total. The van der Waals surface area contributed by atoms with Crippen molar-refractivity contribution in [3.63, 3.8) is 0 Å². The first-order valence-corrected chi connectivity index (χ1v) is 10.9. The Hall–Kier alpha value is -3.23. The lowest BCUT2D eigenvalue weighted by atomic mass is 9.97. The van der Waals surface area contributed by atoms with Gasteiger partial charge in [-0.2, -0.15) is 13.2 Å². The molecule has 0 radical (unpaired) electrons. The summed E-state index contributed by atoms with van der Waals surface area (Å²) in [6.07, 6.45) is -3.35. The van der Waals surface area contributed by atoms with Crippen LogP contribution in [0.4, 0.5) is 13.2 Å². The zero-order valence-electron chi connectivity index (χ0n) is 18.4. The highest BCUT2D eigenvalue weighted by molar-refractivity contribution is 5.98. The number of carbonyl (C=O) groups is 2. The molecule has 33 heavy (non-hydrogen) atoms. The number of hydrogen-bond donors (Lipinski definition) is 0. The van der Waals surface area contributed by atoms with Crippen molar-refractivity contribution in [1.82, 2.24) is 9.47 Å². The van der Waals surface area contributed by atoms with E-state index in [1.54, 1.807) is 29.4 Å². The van der Waals surface area contributed by atoms with Crippen molar-refractivity contribution in [2.24, 2.45) is 5.92 Å². The van der Waals surface area contributed by atoms with Gasteiger partial charge < -0.3 is 18.6 Å². The van der Waals surface area contributed by atoms with E-state index in [4.69, 9.17) is 9.15 Å². The second-order valence-corrected chi connectivity index (χ2v) is 8.24. The minimum atomic E-state index is -4.41. The Bertz CT molecular complexity index is 1150. The van der Waals surface area contributed by atoms with Crippen molar-refractivity contribution in [2.45, 2.75) is 39.4 Å². The average molecular weight is 462 g/mol. The Labute approximate surface area is 188 Å². The van der Waals surface area contributed by atoms with Crippen LogP contribution in [-0.4, -0.2) is 41.0 Å². The van der Waals surface area contributed by atoms with E-state index in [1.165, 1.54) is 12.1 Å². The number of aromatic nitrogens is 1. The standard InChI is InChI=1S/C24H25F3N2O4/c1-3-32-23(31)17-8-10-28(11-9-17)22(30)20-13-21-19(12-15(2)33-21)29(20)14-16-4-6-18(7-5-16)24(25,26)27/h4-7,12-13,17H,3,8-11,14H2,1-2H3. The molecular formula is C24H25F3N2O4. The quantitative estimate of drug-likeness (QED) is 0.499. The van der Waals surface area contributed by atoms with Crippen LogP contribution < -0.4 is 0 Å². The minimum Gasteiger partial charge on any atom is -0.466 e. The number of likely N-dealkylation sites (tertiary alicyclic amines) is 1. The summed E-state index contributed by atoms with van der Waals surface area (Å²) in [7, 11) is 0. The highest BCUT2D eigenvalue weighted by atomic mass is 19.4. The molecule has 1 aliphatic heterocycles. The van der Waals surface area contributed by atoms with Gasteiger partial charge in [-0.25, -0.2) is 0 Å². The van der Waals surface area contributed by atoms with E-state index in [-0.39, 0.29) is 24.3 Å². The van der Waals surface area contributed by atoms with Crippen molar-refractivity contribution >= 4 is 23.0 Å². The van der Waals surface area contributed by atoms with Gasteiger partial charge in [0.1, 0.15) is 11.5 Å². The van der Waals surface area contributed by atoms with Gasteiger partial charge >= 0.3 is 12.1 Å². The second kappa shape index (κ2) is 8.96. The van der Waals surface area contributed by atoms with Crippen LogP contribution in [0.25, 0.3) is 11.1 Å². The monoisotopic (exact) mass is 462 g/mol. The maximum absolute atomic E-state index is 13.3. The number of esters is 1. The van der Waals surface area contributed by atoms with Gasteiger partial charge in [0.2, 0.25) is 0 Å². The van der Waals surface area contributed by atoms with Crippen molar-refractivity contribution in [2.75, 3.05) is 19.7 Å². The number of piperidine rings is 1. The van der Waals surface area contributed by atoms with Gasteiger partial charge in [0, 0.05) is 31.8 Å². The summed E-state index contributed by atoms with van der Waals surface area (Å²) >= 11 is 0. The molecule has 1 fully saturated rings. The molecule has 1 aliphatic rings. The van der Waals surface area contributed by atoms with E-state index in [9.17, 15) is 22.8 Å². The van der Waals surface area contributed by atoms with Crippen LogP contribution in [0.1, 0.15) is 47.1 Å². The number of nitrogens with zero attached hydrogens (tertiary/aromatic N) is 2. The number of fused-ring (bicyclic) bond motifs is 1. The number of carbonyl (C=O) groups excluding carboxylic acids is 2. The third-order valence-electron chi connectivity index (χ3n) is 5.96. The maximum atomic E-state index is 13.3. The topological polar surface area (TPSA) is 64.7 Å². The van der Waals surface area contributed by atoms with Crippen molar-refractivity contribution in [3.8, 4) is 0 Å². The highest BCUT2D eigenvalue weighted by Crippen LogP contribution is 2.31. The number of amides is 1. The lowest BCUT2D eigenvalue weighted by molar-refractivity contribution is -0.149. The molecule has 9 heteroatoms. The van der Waals surface area contributed by atoms with E-state index in [0.717, 1.165) is 12.1 Å². The van der Waals surface area contributed by atoms with Crippen LogP contribution in [-0.2, 0) is 22.3 Å². The normalized spacial score (nSPS) is 15.2. The summed E-state index contributed by atoms with van der Waals surface area (Å²) in [6, 6.07) is 8.40. The number of furan rings is 1. The molecule has 1 aromatic carbocycles. The molecule has 3 heterocycles. The highest BCUT2D eigenvalue weighted by Gasteiger charge is 2.31. The van der Waals surface area contributed by atoms with Crippen LogP contribution in [0.3, 0.4) is 0 Å². The third-order valence-corrected chi connectivity index (χ3v) is 5.96. The Morgan fingerprint density at radius 3 is 2.39 bits per heavy atom.